The minimum Gasteiger partial charge on any atom is -0.493 e. The van der Waals surface area contributed by atoms with E-state index in [1.54, 1.807) is 21.1 Å². The normalized spacial score (nSPS) is 11.6. The Balaban J connectivity index is 2.63. The van der Waals surface area contributed by atoms with E-state index >= 15 is 0 Å². The molecule has 0 aromatic heterocycles. The summed E-state index contributed by atoms with van der Waals surface area (Å²) in [4.78, 5) is 0. The number of hydrogen-bond donors (Lipinski definition) is 1. The van der Waals surface area contributed by atoms with Crippen molar-refractivity contribution in [1.82, 2.24) is 0 Å². The molecule has 0 heterocycles. The van der Waals surface area contributed by atoms with E-state index in [1.165, 1.54) is 0 Å². The second-order valence-corrected chi connectivity index (χ2v) is 3.95. The summed E-state index contributed by atoms with van der Waals surface area (Å²) in [7, 11) is 3.22. The Morgan fingerprint density at radius 3 is 2.17 bits per heavy atom. The second kappa shape index (κ2) is 4.96. The Hall–Kier alpha value is -2.23. The highest BCUT2D eigenvalue weighted by atomic mass is 16.5. The Labute approximate surface area is 105 Å². The summed E-state index contributed by atoms with van der Waals surface area (Å²) >= 11 is 0. The molecule has 18 heavy (non-hydrogen) atoms. The smallest absolute Gasteiger partial charge is 0.161 e. The molecule has 1 N–H and O–H groups in total. The molecule has 4 heteroatoms. The van der Waals surface area contributed by atoms with E-state index in [2.05, 4.69) is 5.16 Å². The SMILES string of the molecule is COc1cc2ccc(/C(C)=N/O)cc2cc1OC. The van der Waals surface area contributed by atoms with E-state index in [-0.39, 0.29) is 0 Å². The minimum atomic E-state index is 0.576. The lowest BCUT2D eigenvalue weighted by Gasteiger charge is -2.10. The lowest BCUT2D eigenvalue weighted by atomic mass is 10.0. The lowest BCUT2D eigenvalue weighted by molar-refractivity contribution is 0.319. The fourth-order valence-electron chi connectivity index (χ4n) is 1.86. The molecule has 4 nitrogen and oxygen atoms in total. The minimum absolute atomic E-state index is 0.576. The van der Waals surface area contributed by atoms with Gasteiger partial charge in [0.2, 0.25) is 0 Å². The first-order valence-electron chi connectivity index (χ1n) is 5.54. The van der Waals surface area contributed by atoms with Crippen molar-refractivity contribution in [2.24, 2.45) is 5.16 Å². The monoisotopic (exact) mass is 245 g/mol. The fraction of sp³-hybridized carbons (Fsp3) is 0.214. The predicted octanol–water partition coefficient (Wildman–Crippen LogP) is 3.06. The van der Waals surface area contributed by atoms with Crippen LogP contribution in [0.25, 0.3) is 10.8 Å². The van der Waals surface area contributed by atoms with Crippen molar-refractivity contribution in [2.45, 2.75) is 6.92 Å². The van der Waals surface area contributed by atoms with E-state index in [0.29, 0.717) is 17.2 Å². The molecule has 2 rings (SSSR count). The van der Waals surface area contributed by atoms with Crippen LogP contribution in [0.15, 0.2) is 35.5 Å². The largest absolute Gasteiger partial charge is 0.493 e. The van der Waals surface area contributed by atoms with Crippen molar-refractivity contribution >= 4 is 16.5 Å². The maximum atomic E-state index is 8.79. The van der Waals surface area contributed by atoms with Gasteiger partial charge in [0.15, 0.2) is 11.5 Å². The summed E-state index contributed by atoms with van der Waals surface area (Å²) in [6, 6.07) is 9.64. The van der Waals surface area contributed by atoms with Crippen LogP contribution in [-0.4, -0.2) is 25.1 Å². The number of nitrogens with zero attached hydrogens (tertiary/aromatic N) is 1. The summed E-state index contributed by atoms with van der Waals surface area (Å²) < 4.78 is 10.5. The molecule has 0 bridgehead atoms. The molecule has 0 radical (unpaired) electrons. The van der Waals surface area contributed by atoms with Crippen molar-refractivity contribution in [3.63, 3.8) is 0 Å². The van der Waals surface area contributed by atoms with Gasteiger partial charge in [-0.2, -0.15) is 0 Å². The van der Waals surface area contributed by atoms with Crippen molar-refractivity contribution in [1.29, 1.82) is 0 Å². The number of benzene rings is 2. The van der Waals surface area contributed by atoms with Crippen LogP contribution in [0, 0.1) is 0 Å². The number of fused-ring (bicyclic) bond motifs is 1. The van der Waals surface area contributed by atoms with Gasteiger partial charge in [0, 0.05) is 0 Å². The zero-order chi connectivity index (χ0) is 13.1. The average Bonchev–Trinajstić information content (AvgIpc) is 2.44. The molecule has 0 saturated carbocycles. The molecule has 2 aromatic carbocycles. The molecule has 0 saturated heterocycles. The number of oxime groups is 1. The molecule has 0 spiro atoms. The Bertz CT molecular complexity index is 605. The van der Waals surface area contributed by atoms with Crippen LogP contribution in [0.2, 0.25) is 0 Å². The molecule has 0 aliphatic heterocycles. The average molecular weight is 245 g/mol. The third-order valence-electron chi connectivity index (χ3n) is 2.91. The van der Waals surface area contributed by atoms with Crippen LogP contribution < -0.4 is 9.47 Å². The number of hydrogen-bond acceptors (Lipinski definition) is 4. The van der Waals surface area contributed by atoms with E-state index in [0.717, 1.165) is 16.3 Å². The number of methoxy groups -OCH3 is 2. The van der Waals surface area contributed by atoms with Crippen molar-refractivity contribution in [2.75, 3.05) is 14.2 Å². The Morgan fingerprint density at radius 2 is 1.61 bits per heavy atom. The zero-order valence-corrected chi connectivity index (χ0v) is 10.6. The number of ether oxygens (including phenoxy) is 2. The quantitative estimate of drug-likeness (QED) is 0.513. The van der Waals surface area contributed by atoms with E-state index in [4.69, 9.17) is 14.7 Å². The van der Waals surface area contributed by atoms with Crippen LogP contribution in [0.3, 0.4) is 0 Å². The van der Waals surface area contributed by atoms with E-state index < -0.39 is 0 Å². The Morgan fingerprint density at radius 1 is 1.00 bits per heavy atom. The highest BCUT2D eigenvalue weighted by Crippen LogP contribution is 2.32. The van der Waals surface area contributed by atoms with Crippen LogP contribution in [0.4, 0.5) is 0 Å². The molecule has 0 fully saturated rings. The third kappa shape index (κ3) is 2.09. The molecule has 94 valence electrons. The second-order valence-electron chi connectivity index (χ2n) is 3.95. The van der Waals surface area contributed by atoms with Crippen molar-refractivity contribution in [3.05, 3.63) is 35.9 Å². The van der Waals surface area contributed by atoms with Gasteiger partial charge in [-0.15, -0.1) is 0 Å². The van der Waals surface area contributed by atoms with Gasteiger partial charge < -0.3 is 14.7 Å². The molecular weight excluding hydrogens is 230 g/mol. The van der Waals surface area contributed by atoms with Crippen LogP contribution in [0.5, 0.6) is 11.5 Å². The molecule has 0 unspecified atom stereocenters. The molecule has 0 aliphatic carbocycles. The summed E-state index contributed by atoms with van der Waals surface area (Å²) in [5.74, 6) is 1.38. The first-order chi connectivity index (χ1) is 8.69. The van der Waals surface area contributed by atoms with Gasteiger partial charge in [-0.25, -0.2) is 0 Å². The van der Waals surface area contributed by atoms with E-state index in [9.17, 15) is 0 Å². The predicted molar refractivity (Wildman–Crippen MR) is 71.0 cm³/mol. The molecule has 0 atom stereocenters. The van der Waals surface area contributed by atoms with Gasteiger partial charge in [-0.05, 0) is 41.5 Å². The van der Waals surface area contributed by atoms with E-state index in [1.807, 2.05) is 30.3 Å². The maximum absolute atomic E-state index is 8.79. The van der Waals surface area contributed by atoms with Gasteiger partial charge in [-0.3, -0.25) is 0 Å². The van der Waals surface area contributed by atoms with Crippen LogP contribution in [-0.2, 0) is 0 Å². The maximum Gasteiger partial charge on any atom is 0.161 e. The summed E-state index contributed by atoms with van der Waals surface area (Å²) in [6.07, 6.45) is 0. The van der Waals surface area contributed by atoms with Gasteiger partial charge in [0.25, 0.3) is 0 Å². The summed E-state index contributed by atoms with van der Waals surface area (Å²) in [6.45, 7) is 1.75. The van der Waals surface area contributed by atoms with Crippen molar-refractivity contribution < 1.29 is 14.7 Å². The Kier molecular flexibility index (Phi) is 3.37. The molecular formula is C14H15NO3. The first-order valence-corrected chi connectivity index (χ1v) is 5.54. The third-order valence-corrected chi connectivity index (χ3v) is 2.91. The van der Waals surface area contributed by atoms with Gasteiger partial charge in [0.05, 0.1) is 19.9 Å². The fourth-order valence-corrected chi connectivity index (χ4v) is 1.86. The van der Waals surface area contributed by atoms with Crippen LogP contribution in [0.1, 0.15) is 12.5 Å². The lowest BCUT2D eigenvalue weighted by Crippen LogP contribution is -1.95. The van der Waals surface area contributed by atoms with Crippen molar-refractivity contribution in [3.8, 4) is 11.5 Å². The topological polar surface area (TPSA) is 51.0 Å². The molecule has 0 aliphatic rings. The highest BCUT2D eigenvalue weighted by Gasteiger charge is 2.07. The molecule has 2 aromatic rings. The van der Waals surface area contributed by atoms with Crippen LogP contribution >= 0.6 is 0 Å². The van der Waals surface area contributed by atoms with Gasteiger partial charge in [0.1, 0.15) is 0 Å². The first kappa shape index (κ1) is 12.2. The summed E-state index contributed by atoms with van der Waals surface area (Å²) in [5.41, 5.74) is 1.45. The number of rotatable bonds is 3. The summed E-state index contributed by atoms with van der Waals surface area (Å²) in [5, 5.41) is 14.0. The highest BCUT2D eigenvalue weighted by molar-refractivity contribution is 6.02. The standard InChI is InChI=1S/C14H15NO3/c1-9(15-16)10-4-5-11-7-13(17-2)14(18-3)8-12(11)6-10/h4-8,16H,1-3H3/b15-9+. The molecule has 0 amide bonds. The van der Waals surface area contributed by atoms with Gasteiger partial charge in [-0.1, -0.05) is 17.3 Å². The van der Waals surface area contributed by atoms with Gasteiger partial charge >= 0.3 is 0 Å². The zero-order valence-electron chi connectivity index (χ0n) is 10.6.